The fourth-order valence-electron chi connectivity index (χ4n) is 23.6. The fraction of sp³-hybridized carbons (Fsp3) is 0. The molecule has 0 aliphatic carbocycles. The molecule has 0 saturated heterocycles. The largest absolute Gasteiger partial charge is 0.309 e. The van der Waals surface area contributed by atoms with E-state index < -0.39 is 0 Å². The van der Waals surface area contributed by atoms with Gasteiger partial charge in [0.1, 0.15) is 0 Å². The Balaban J connectivity index is 0.000000102. The zero-order valence-corrected chi connectivity index (χ0v) is 82.0. The quantitative estimate of drug-likeness (QED) is 0.124. The van der Waals surface area contributed by atoms with E-state index in [0.29, 0.717) is 0 Å². The SMILES string of the molecule is c1ccc(-n2c3ccccc3c3cc(-c4ccc5c(c4)c4ccccc4n5-c4ccc(-c5ccc6c(c5)sc5ccccc56)cc4)ccc32)cc1.c1ccc(-n2c3ccccc3c3cc(-c4ccc5c(c4)c4ccccc4n5-c4ccc(-c5cccc6c5sc5ccccc56)cc4)ccc32)cc1.c1ccc(-n2c3ccccc3c3cc(-c4ccc5c6ccccc6n(-c6ccc7sc8ccccc8c7c6)c5c4)ccc32)cc1. The van der Waals surface area contributed by atoms with E-state index in [2.05, 4.69) is 549 Å². The van der Waals surface area contributed by atoms with Crippen molar-refractivity contribution >= 4 is 225 Å². The molecule has 9 aromatic heterocycles. The molecule has 0 spiro atoms. The lowest BCUT2D eigenvalue weighted by Crippen LogP contribution is -1.94. The first-order chi connectivity index (χ1) is 72.9. The van der Waals surface area contributed by atoms with Crippen molar-refractivity contribution in [1.82, 2.24) is 27.4 Å². The number of para-hydroxylation sites is 9. The molecule has 0 N–H and O–H groups in total. The van der Waals surface area contributed by atoms with Crippen LogP contribution in [0, 0.1) is 0 Å². The highest BCUT2D eigenvalue weighted by Crippen LogP contribution is 2.48. The van der Waals surface area contributed by atoms with Crippen molar-refractivity contribution in [3.8, 4) is 89.8 Å². The van der Waals surface area contributed by atoms with Gasteiger partial charge in [-0.1, -0.05) is 315 Å². The smallest absolute Gasteiger partial charge is 0.0547 e. The zero-order valence-electron chi connectivity index (χ0n) is 79.6. The van der Waals surface area contributed by atoms with Crippen LogP contribution in [0.5, 0.6) is 0 Å². The van der Waals surface area contributed by atoms with Gasteiger partial charge in [-0.05, 0) is 262 Å². The monoisotopic (exact) mass is 1920 g/mol. The Bertz CT molecular complexity index is 11000. The van der Waals surface area contributed by atoms with E-state index in [4.69, 9.17) is 0 Å². The number of fused-ring (bicyclic) bond motifs is 27. The van der Waals surface area contributed by atoms with Crippen LogP contribution in [-0.2, 0) is 0 Å². The molecule has 0 fully saturated rings. The molecule has 0 unspecified atom stereocenters. The molecule has 0 aliphatic heterocycles. The molecule has 0 saturated carbocycles. The average Bonchev–Trinajstić information content (AvgIpc) is 1.57. The van der Waals surface area contributed by atoms with E-state index >= 15 is 0 Å². The molecule has 6 nitrogen and oxygen atoms in total. The van der Waals surface area contributed by atoms with Crippen LogP contribution in [0.25, 0.3) is 281 Å². The van der Waals surface area contributed by atoms with Crippen molar-refractivity contribution in [3.63, 3.8) is 0 Å². The first kappa shape index (κ1) is 84.2. The highest BCUT2D eigenvalue weighted by molar-refractivity contribution is 7.27. The van der Waals surface area contributed by atoms with Crippen molar-refractivity contribution < 1.29 is 0 Å². The van der Waals surface area contributed by atoms with E-state index in [-0.39, 0.29) is 0 Å². The first-order valence-electron chi connectivity index (χ1n) is 50.2. The molecule has 0 bridgehead atoms. The molecular weight excluding hydrogens is 1840 g/mol. The van der Waals surface area contributed by atoms with Gasteiger partial charge in [0, 0.05) is 159 Å². The molecular formula is C138H86N6S3. The van der Waals surface area contributed by atoms with Crippen molar-refractivity contribution in [2.75, 3.05) is 0 Å². The maximum absolute atomic E-state index is 2.44. The summed E-state index contributed by atoms with van der Waals surface area (Å²) in [7, 11) is 0. The van der Waals surface area contributed by atoms with Crippen molar-refractivity contribution in [2.45, 2.75) is 0 Å². The number of thiophene rings is 3. The van der Waals surface area contributed by atoms with E-state index in [9.17, 15) is 0 Å². The highest BCUT2D eigenvalue weighted by atomic mass is 32.1. The van der Waals surface area contributed by atoms with Crippen LogP contribution in [0.4, 0.5) is 0 Å². The Kier molecular flexibility index (Phi) is 19.6. The highest BCUT2D eigenvalue weighted by Gasteiger charge is 2.24. The van der Waals surface area contributed by atoms with Gasteiger partial charge in [-0.15, -0.1) is 34.0 Å². The molecule has 9 heterocycles. The Morgan fingerprint density at radius 3 is 0.755 bits per heavy atom. The molecule has 32 aromatic rings. The van der Waals surface area contributed by atoms with Crippen molar-refractivity contribution in [3.05, 3.63) is 522 Å². The molecule has 686 valence electrons. The summed E-state index contributed by atoms with van der Waals surface area (Å²) in [6.07, 6.45) is 0. The van der Waals surface area contributed by atoms with Crippen LogP contribution in [0.3, 0.4) is 0 Å². The lowest BCUT2D eigenvalue weighted by atomic mass is 10.0. The number of hydrogen-bond acceptors (Lipinski definition) is 3. The van der Waals surface area contributed by atoms with Crippen LogP contribution in [0.1, 0.15) is 0 Å². The zero-order chi connectivity index (χ0) is 96.4. The Hall–Kier alpha value is -18.5. The predicted molar refractivity (Wildman–Crippen MR) is 631 cm³/mol. The minimum absolute atomic E-state index is 1.16. The predicted octanol–water partition coefficient (Wildman–Crippen LogP) is 39.1. The molecule has 0 amide bonds. The molecule has 0 radical (unpaired) electrons. The van der Waals surface area contributed by atoms with E-state index in [1.807, 2.05) is 34.0 Å². The number of nitrogens with zero attached hydrogens (tertiary/aromatic N) is 6. The van der Waals surface area contributed by atoms with Gasteiger partial charge in [-0.25, -0.2) is 0 Å². The van der Waals surface area contributed by atoms with Gasteiger partial charge in [-0.3, -0.25) is 0 Å². The maximum atomic E-state index is 2.44. The summed E-state index contributed by atoms with van der Waals surface area (Å²) < 4.78 is 22.4. The molecule has 0 atom stereocenters. The van der Waals surface area contributed by atoms with Crippen LogP contribution >= 0.6 is 34.0 Å². The third-order valence-corrected chi connectivity index (χ3v) is 33.9. The van der Waals surface area contributed by atoms with Gasteiger partial charge < -0.3 is 27.4 Å². The summed E-state index contributed by atoms with van der Waals surface area (Å²) in [5.74, 6) is 0. The van der Waals surface area contributed by atoms with E-state index in [0.717, 1.165) is 11.4 Å². The van der Waals surface area contributed by atoms with Crippen LogP contribution in [0.15, 0.2) is 522 Å². The number of aromatic nitrogens is 6. The van der Waals surface area contributed by atoms with Crippen molar-refractivity contribution in [1.29, 1.82) is 0 Å². The fourth-order valence-corrected chi connectivity index (χ4v) is 27.1. The molecule has 32 rings (SSSR count). The second kappa shape index (κ2) is 34.1. The lowest BCUT2D eigenvalue weighted by Gasteiger charge is -2.11. The van der Waals surface area contributed by atoms with Gasteiger partial charge in [0.15, 0.2) is 0 Å². The summed E-state index contributed by atoms with van der Waals surface area (Å²) in [5, 5.41) is 23.1. The second-order valence-corrected chi connectivity index (χ2v) is 41.7. The standard InChI is InChI=1S/2C48H30N2S.C42H26N2S/c1-2-11-34(12-3-1)49-43-18-7-4-13-37(43)41-29-32(23-27-45(41)49)33-24-28-46-42(30-33)38-14-5-8-19-44(38)50(46)35-25-21-31(22-26-35)36-16-10-17-40-39-15-6-9-20-47(39)51-48(36)40;1-2-10-35(11-3-1)49-43-15-7-4-12-37(43)41-28-32(21-26-45(41)49)33-22-27-46-42(29-33)38-13-5-8-16-44(38)50(46)36-23-18-31(19-24-36)34-20-25-40-39-14-6-9-17-47(39)51-48(40)30-34;1-2-10-29(11-3-1)43-38-16-8-5-13-32(38)35-24-27(19-22-39(35)43)28-18-21-33-31-12-4-7-15-37(31)44(40(33)25-28)30-20-23-42-36(26-30)34-14-6-9-17-41(34)45-42/h2*1-30H;1-26H. The van der Waals surface area contributed by atoms with Crippen molar-refractivity contribution in [2.24, 2.45) is 0 Å². The summed E-state index contributed by atoms with van der Waals surface area (Å²) in [4.78, 5) is 0. The van der Waals surface area contributed by atoms with E-state index in [1.165, 1.54) is 270 Å². The van der Waals surface area contributed by atoms with Gasteiger partial charge in [0.05, 0.1) is 66.2 Å². The minimum atomic E-state index is 1.16. The van der Waals surface area contributed by atoms with Gasteiger partial charge in [0.25, 0.3) is 0 Å². The van der Waals surface area contributed by atoms with Gasteiger partial charge in [0.2, 0.25) is 0 Å². The normalized spacial score (nSPS) is 11.9. The van der Waals surface area contributed by atoms with E-state index in [1.54, 1.807) is 0 Å². The number of hydrogen-bond donors (Lipinski definition) is 0. The minimum Gasteiger partial charge on any atom is -0.309 e. The molecule has 23 aromatic carbocycles. The maximum Gasteiger partial charge on any atom is 0.0547 e. The summed E-state index contributed by atoms with van der Waals surface area (Å²) in [5.41, 5.74) is 34.0. The number of benzene rings is 23. The van der Waals surface area contributed by atoms with Gasteiger partial charge >= 0.3 is 0 Å². The van der Waals surface area contributed by atoms with Crippen LogP contribution in [0.2, 0.25) is 0 Å². The van der Waals surface area contributed by atoms with Gasteiger partial charge in [-0.2, -0.15) is 0 Å². The Morgan fingerprint density at radius 2 is 0.354 bits per heavy atom. The van der Waals surface area contributed by atoms with Crippen LogP contribution in [-0.4, -0.2) is 27.4 Å². The first-order valence-corrected chi connectivity index (χ1v) is 52.7. The summed E-state index contributed by atoms with van der Waals surface area (Å²) >= 11 is 5.62. The van der Waals surface area contributed by atoms with Crippen LogP contribution < -0.4 is 0 Å². The molecule has 9 heteroatoms. The number of rotatable bonds is 11. The third kappa shape index (κ3) is 13.7. The molecule has 0 aliphatic rings. The summed E-state index contributed by atoms with van der Waals surface area (Å²) in [6, 6.07) is 191. The summed E-state index contributed by atoms with van der Waals surface area (Å²) in [6.45, 7) is 0. The Morgan fingerprint density at radius 1 is 0.109 bits per heavy atom. The third-order valence-electron chi connectivity index (χ3n) is 30.4. The topological polar surface area (TPSA) is 29.6 Å². The second-order valence-electron chi connectivity index (χ2n) is 38.5. The average molecular weight is 1920 g/mol. The lowest BCUT2D eigenvalue weighted by molar-refractivity contribution is 1.18. The Labute approximate surface area is 857 Å². The molecule has 147 heavy (non-hydrogen) atoms.